The largest absolute Gasteiger partial charge is 0.506 e. The van der Waals surface area contributed by atoms with Gasteiger partial charge in [-0.3, -0.25) is 9.88 Å². The van der Waals surface area contributed by atoms with E-state index in [0.717, 1.165) is 17.7 Å². The summed E-state index contributed by atoms with van der Waals surface area (Å²) in [4.78, 5) is 22.9. The molecule has 7 nitrogen and oxygen atoms in total. The fraction of sp³-hybridized carbons (Fsp3) is 0.261. The van der Waals surface area contributed by atoms with Crippen LogP contribution in [0.4, 0.5) is 23.7 Å². The van der Waals surface area contributed by atoms with Crippen molar-refractivity contribution in [2.75, 3.05) is 18.4 Å². The van der Waals surface area contributed by atoms with Crippen LogP contribution in [0.25, 0.3) is 0 Å². The van der Waals surface area contributed by atoms with E-state index in [-0.39, 0.29) is 18.1 Å². The number of urea groups is 1. The maximum absolute atomic E-state index is 13.0. The van der Waals surface area contributed by atoms with Crippen LogP contribution in [0.3, 0.4) is 0 Å². The predicted molar refractivity (Wildman–Crippen MR) is 120 cm³/mol. The van der Waals surface area contributed by atoms with Crippen molar-refractivity contribution in [3.8, 4) is 5.75 Å². The van der Waals surface area contributed by atoms with Gasteiger partial charge in [0.2, 0.25) is 0 Å². The van der Waals surface area contributed by atoms with E-state index in [1.54, 1.807) is 12.4 Å². The SMILES string of the molecule is C=C1NCCN(C(=O)Nc2cc(C(F)(F)F)ccc2O)C1=N/C(=C\C)CCc1cccnc1. The van der Waals surface area contributed by atoms with Crippen LogP contribution < -0.4 is 10.6 Å². The summed E-state index contributed by atoms with van der Waals surface area (Å²) >= 11 is 0. The number of piperazine rings is 1. The number of hydrogen-bond acceptors (Lipinski definition) is 5. The first-order valence-corrected chi connectivity index (χ1v) is 10.2. The fourth-order valence-electron chi connectivity index (χ4n) is 3.21. The van der Waals surface area contributed by atoms with Gasteiger partial charge in [-0.25, -0.2) is 9.79 Å². The average Bonchev–Trinajstić information content (AvgIpc) is 2.78. The van der Waals surface area contributed by atoms with E-state index < -0.39 is 23.5 Å². The molecule has 2 aromatic rings. The number of anilines is 1. The second-order valence-corrected chi connectivity index (χ2v) is 7.29. The van der Waals surface area contributed by atoms with E-state index in [1.807, 2.05) is 25.1 Å². The van der Waals surface area contributed by atoms with Crippen LogP contribution in [0, 0.1) is 0 Å². The number of pyridine rings is 1. The van der Waals surface area contributed by atoms with Gasteiger partial charge in [-0.15, -0.1) is 0 Å². The lowest BCUT2D eigenvalue weighted by Crippen LogP contribution is -2.50. The molecule has 0 unspecified atom stereocenters. The molecule has 33 heavy (non-hydrogen) atoms. The first kappa shape index (κ1) is 23.8. The van der Waals surface area contributed by atoms with E-state index in [1.165, 1.54) is 4.90 Å². The monoisotopic (exact) mass is 459 g/mol. The number of amidine groups is 1. The molecule has 1 fully saturated rings. The van der Waals surface area contributed by atoms with Crippen molar-refractivity contribution >= 4 is 17.6 Å². The number of benzene rings is 1. The number of nitrogens with one attached hydrogen (secondary N) is 2. The van der Waals surface area contributed by atoms with Gasteiger partial charge < -0.3 is 15.7 Å². The molecular formula is C23H24F3N5O2. The lowest BCUT2D eigenvalue weighted by molar-refractivity contribution is -0.137. The fourth-order valence-corrected chi connectivity index (χ4v) is 3.21. The molecule has 0 spiro atoms. The average molecular weight is 459 g/mol. The van der Waals surface area contributed by atoms with Crippen LogP contribution >= 0.6 is 0 Å². The Labute approximate surface area is 189 Å². The van der Waals surface area contributed by atoms with E-state index in [2.05, 4.69) is 27.2 Å². The van der Waals surface area contributed by atoms with Crippen molar-refractivity contribution in [2.45, 2.75) is 25.9 Å². The summed E-state index contributed by atoms with van der Waals surface area (Å²) in [7, 11) is 0. The van der Waals surface area contributed by atoms with Gasteiger partial charge in [-0.2, -0.15) is 13.2 Å². The number of carbonyl (C=O) groups is 1. The summed E-state index contributed by atoms with van der Waals surface area (Å²) in [5, 5.41) is 15.3. The second kappa shape index (κ2) is 10.2. The first-order chi connectivity index (χ1) is 15.7. The number of aliphatic imine (C=N–C) groups is 1. The lowest BCUT2D eigenvalue weighted by atomic mass is 10.1. The smallest absolute Gasteiger partial charge is 0.416 e. The van der Waals surface area contributed by atoms with Gasteiger partial charge in [-0.05, 0) is 49.6 Å². The molecule has 2 heterocycles. The third-order valence-corrected chi connectivity index (χ3v) is 4.99. The van der Waals surface area contributed by atoms with Crippen molar-refractivity contribution in [1.29, 1.82) is 0 Å². The number of aromatic hydroxyl groups is 1. The van der Waals surface area contributed by atoms with E-state index >= 15 is 0 Å². The normalized spacial score (nSPS) is 16.0. The minimum absolute atomic E-state index is 0.211. The third kappa shape index (κ3) is 6.12. The standard InChI is InChI=1S/C23H24F3N5O2/c1-3-18(8-6-16-5-4-10-27-14-16)29-21-15(2)28-11-12-31(21)22(33)30-19-13-17(23(24,25)26)7-9-20(19)32/h3-5,7,9-10,13-14,28,32H,2,6,8,11-12H2,1H3,(H,30,33)/b18-3-,29-21?. The predicted octanol–water partition coefficient (Wildman–Crippen LogP) is 4.69. The first-order valence-electron chi connectivity index (χ1n) is 10.2. The number of halogens is 3. The Bertz CT molecular complexity index is 1080. The minimum Gasteiger partial charge on any atom is -0.506 e. The molecule has 1 saturated heterocycles. The van der Waals surface area contributed by atoms with Crippen molar-refractivity contribution < 1.29 is 23.1 Å². The van der Waals surface area contributed by atoms with Crippen LogP contribution in [-0.4, -0.2) is 39.9 Å². The molecule has 1 aliphatic rings. The number of alkyl halides is 3. The van der Waals surface area contributed by atoms with Crippen molar-refractivity contribution in [2.24, 2.45) is 4.99 Å². The number of amides is 2. The second-order valence-electron chi connectivity index (χ2n) is 7.29. The summed E-state index contributed by atoms with van der Waals surface area (Å²) < 4.78 is 39.1. The molecule has 0 bridgehead atoms. The van der Waals surface area contributed by atoms with E-state index in [9.17, 15) is 23.1 Å². The summed E-state index contributed by atoms with van der Waals surface area (Å²) in [6.07, 6.45) is 1.94. The molecule has 0 saturated carbocycles. The van der Waals surface area contributed by atoms with Crippen molar-refractivity contribution in [1.82, 2.24) is 15.2 Å². The van der Waals surface area contributed by atoms with Gasteiger partial charge in [0.25, 0.3) is 0 Å². The number of nitrogens with zero attached hydrogens (tertiary/aromatic N) is 3. The van der Waals surface area contributed by atoms with Gasteiger partial charge in [0.15, 0.2) is 5.84 Å². The zero-order chi connectivity index (χ0) is 24.0. The molecule has 1 aromatic carbocycles. The summed E-state index contributed by atoms with van der Waals surface area (Å²) in [6, 6.07) is 5.39. The van der Waals surface area contributed by atoms with E-state index in [0.29, 0.717) is 36.8 Å². The Hall–Kier alpha value is -3.82. The highest BCUT2D eigenvalue weighted by atomic mass is 19.4. The van der Waals surface area contributed by atoms with Crippen molar-refractivity contribution in [3.05, 3.63) is 77.9 Å². The summed E-state index contributed by atoms with van der Waals surface area (Å²) in [6.45, 7) is 6.33. The number of aryl methyl sites for hydroxylation is 1. The molecule has 0 aliphatic carbocycles. The maximum Gasteiger partial charge on any atom is 0.416 e. The number of phenols is 1. The Morgan fingerprint density at radius 3 is 2.85 bits per heavy atom. The number of aromatic nitrogens is 1. The number of allylic oxidation sites excluding steroid dienone is 2. The Balaban J connectivity index is 1.80. The van der Waals surface area contributed by atoms with Crippen LogP contribution in [0.2, 0.25) is 0 Å². The molecule has 1 aliphatic heterocycles. The van der Waals surface area contributed by atoms with Gasteiger partial charge >= 0.3 is 12.2 Å². The van der Waals surface area contributed by atoms with Gasteiger partial charge in [-0.1, -0.05) is 18.7 Å². The number of rotatable bonds is 5. The quantitative estimate of drug-likeness (QED) is 0.566. The maximum atomic E-state index is 13.0. The minimum atomic E-state index is -4.61. The number of phenolic OH excluding ortho intramolecular Hbond substituents is 1. The van der Waals surface area contributed by atoms with Crippen LogP contribution in [0.5, 0.6) is 5.75 Å². The van der Waals surface area contributed by atoms with E-state index in [4.69, 9.17) is 0 Å². The molecular weight excluding hydrogens is 435 g/mol. The molecule has 1 aromatic heterocycles. The van der Waals surface area contributed by atoms with Crippen molar-refractivity contribution in [3.63, 3.8) is 0 Å². The molecule has 10 heteroatoms. The van der Waals surface area contributed by atoms with Crippen LogP contribution in [-0.2, 0) is 12.6 Å². The number of hydrogen-bond donors (Lipinski definition) is 3. The van der Waals surface area contributed by atoms with Gasteiger partial charge in [0.1, 0.15) is 5.75 Å². The Morgan fingerprint density at radius 2 is 2.18 bits per heavy atom. The lowest BCUT2D eigenvalue weighted by Gasteiger charge is -2.31. The highest BCUT2D eigenvalue weighted by Crippen LogP contribution is 2.34. The Kier molecular flexibility index (Phi) is 7.37. The molecule has 2 amide bonds. The summed E-state index contributed by atoms with van der Waals surface area (Å²) in [5.41, 5.74) is 0.818. The zero-order valence-corrected chi connectivity index (χ0v) is 18.0. The Morgan fingerprint density at radius 1 is 1.39 bits per heavy atom. The molecule has 3 N–H and O–H groups in total. The molecule has 0 radical (unpaired) electrons. The van der Waals surface area contributed by atoms with Gasteiger partial charge in [0, 0.05) is 31.2 Å². The molecule has 3 rings (SSSR count). The molecule has 174 valence electrons. The number of carbonyl (C=O) groups excluding carboxylic acids is 1. The third-order valence-electron chi connectivity index (χ3n) is 4.99. The highest BCUT2D eigenvalue weighted by Gasteiger charge is 2.32. The topological polar surface area (TPSA) is 89.9 Å². The highest BCUT2D eigenvalue weighted by molar-refractivity contribution is 6.11. The molecule has 0 atom stereocenters. The van der Waals surface area contributed by atoms with Crippen LogP contribution in [0.1, 0.15) is 24.5 Å². The van der Waals surface area contributed by atoms with Crippen LogP contribution in [0.15, 0.2) is 71.8 Å². The van der Waals surface area contributed by atoms with Gasteiger partial charge in [0.05, 0.1) is 16.9 Å². The summed E-state index contributed by atoms with van der Waals surface area (Å²) in [5.74, 6) is -0.223. The zero-order valence-electron chi connectivity index (χ0n) is 18.0.